The molecule has 0 aliphatic carbocycles. The first-order chi connectivity index (χ1) is 14.0. The van der Waals surface area contributed by atoms with Crippen molar-refractivity contribution in [2.75, 3.05) is 11.9 Å². The number of hydrogen-bond acceptors (Lipinski definition) is 12. The first-order valence-electron chi connectivity index (χ1n) is 8.73. The first kappa shape index (κ1) is 21.8. The van der Waals surface area contributed by atoms with Gasteiger partial charge in [0.05, 0.1) is 6.33 Å². The number of aliphatic imine (C=N–C) groups is 1. The SMILES string of the molecule is CC(=O)OC[C@H]1O[C@@H](n2cnc3c2NC(N)=NC3(O)Cl)[C@H](OC(C)=O)[C@@H]1OC(C)=O. The number of aromatic nitrogens is 2. The van der Waals surface area contributed by atoms with Crippen LogP contribution in [-0.2, 0) is 38.5 Å². The number of esters is 3. The molecule has 0 bridgehead atoms. The maximum absolute atomic E-state index is 11.7. The van der Waals surface area contributed by atoms with Crippen molar-refractivity contribution in [3.8, 4) is 0 Å². The summed E-state index contributed by atoms with van der Waals surface area (Å²) in [5.74, 6) is -1.98. The predicted octanol–water partition coefficient (Wildman–Crippen LogP) is -0.711. The minimum absolute atomic E-state index is 0.0731. The number of imidazole rings is 1. The van der Waals surface area contributed by atoms with E-state index >= 15 is 0 Å². The molecule has 2 aliphatic heterocycles. The Morgan fingerprint density at radius 1 is 1.27 bits per heavy atom. The van der Waals surface area contributed by atoms with Gasteiger partial charge in [-0.15, -0.1) is 0 Å². The summed E-state index contributed by atoms with van der Waals surface area (Å²) in [6, 6.07) is 0. The molecule has 13 nitrogen and oxygen atoms in total. The summed E-state index contributed by atoms with van der Waals surface area (Å²) in [4.78, 5) is 42.3. The number of rotatable bonds is 5. The molecule has 2 aliphatic rings. The fourth-order valence-corrected chi connectivity index (χ4v) is 3.42. The van der Waals surface area contributed by atoms with Gasteiger partial charge in [0.1, 0.15) is 18.5 Å². The van der Waals surface area contributed by atoms with E-state index in [1.165, 1.54) is 31.7 Å². The predicted molar refractivity (Wildman–Crippen MR) is 98.9 cm³/mol. The van der Waals surface area contributed by atoms with E-state index in [0.717, 1.165) is 0 Å². The van der Waals surface area contributed by atoms with Crippen LogP contribution in [0.15, 0.2) is 11.3 Å². The fourth-order valence-electron chi connectivity index (χ4n) is 3.19. The Morgan fingerprint density at radius 2 is 1.90 bits per heavy atom. The number of carbonyl (C=O) groups excluding carboxylic acids is 3. The average Bonchev–Trinajstić information content (AvgIpc) is 3.14. The number of nitrogens with one attached hydrogen (secondary N) is 1. The molecule has 1 saturated heterocycles. The van der Waals surface area contributed by atoms with Crippen LogP contribution in [0.5, 0.6) is 0 Å². The van der Waals surface area contributed by atoms with E-state index in [2.05, 4.69) is 15.3 Å². The van der Waals surface area contributed by atoms with Gasteiger partial charge in [0, 0.05) is 20.8 Å². The molecule has 0 spiro atoms. The monoisotopic (exact) mass is 445 g/mol. The minimum atomic E-state index is -2.22. The van der Waals surface area contributed by atoms with Crippen molar-refractivity contribution in [3.05, 3.63) is 12.0 Å². The number of anilines is 1. The van der Waals surface area contributed by atoms with Crippen LogP contribution in [0.3, 0.4) is 0 Å². The molecule has 164 valence electrons. The quantitative estimate of drug-likeness (QED) is 0.225. The lowest BCUT2D eigenvalue weighted by atomic mass is 10.1. The smallest absolute Gasteiger partial charge is 0.303 e. The van der Waals surface area contributed by atoms with Crippen molar-refractivity contribution >= 4 is 41.3 Å². The summed E-state index contributed by atoms with van der Waals surface area (Å²) in [5, 5.41) is 10.7. The summed E-state index contributed by atoms with van der Waals surface area (Å²) in [7, 11) is 0. The highest BCUT2D eigenvalue weighted by molar-refractivity contribution is 6.24. The molecule has 30 heavy (non-hydrogen) atoms. The van der Waals surface area contributed by atoms with E-state index in [1.807, 2.05) is 0 Å². The molecule has 0 saturated carbocycles. The summed E-state index contributed by atoms with van der Waals surface area (Å²) in [5.41, 5.74) is 5.60. The summed E-state index contributed by atoms with van der Waals surface area (Å²) in [6.07, 6.45) is -3.05. The van der Waals surface area contributed by atoms with Crippen molar-refractivity contribution in [2.45, 2.75) is 50.5 Å². The Kier molecular flexibility index (Phi) is 5.87. The molecule has 5 atom stereocenters. The third kappa shape index (κ3) is 4.32. The summed E-state index contributed by atoms with van der Waals surface area (Å²) < 4.78 is 22.9. The Balaban J connectivity index is 2.00. The number of alkyl halides is 1. The number of hydrogen-bond donors (Lipinski definition) is 3. The standard InChI is InChI=1S/C16H20ClN5O8/c1-6(23)27-4-9-10(28-7(2)24)11(29-8(3)25)14(30-9)22-5-19-12-13(22)20-15(18)21-16(12,17)26/h5,9-11,14,26H,4H2,1-3H3,(H3,18,20,21)/t9-,10-,11-,14-,16?/m1/s1. The van der Waals surface area contributed by atoms with E-state index < -0.39 is 47.6 Å². The molecule has 14 heteroatoms. The van der Waals surface area contributed by atoms with Crippen LogP contribution in [0.25, 0.3) is 0 Å². The zero-order valence-electron chi connectivity index (χ0n) is 16.2. The Labute approximate surface area is 175 Å². The molecule has 3 rings (SSSR count). The molecular formula is C16H20ClN5O8. The highest BCUT2D eigenvalue weighted by atomic mass is 35.5. The van der Waals surface area contributed by atoms with E-state index in [0.29, 0.717) is 0 Å². The zero-order chi connectivity index (χ0) is 22.2. The number of ether oxygens (including phenoxy) is 4. The van der Waals surface area contributed by atoms with E-state index in [9.17, 15) is 19.5 Å². The van der Waals surface area contributed by atoms with Crippen LogP contribution < -0.4 is 11.1 Å². The Bertz CT molecular complexity index is 900. The van der Waals surface area contributed by atoms with Gasteiger partial charge in [0.15, 0.2) is 30.1 Å². The number of guanidine groups is 1. The molecule has 1 aromatic heterocycles. The average molecular weight is 446 g/mol. The van der Waals surface area contributed by atoms with Gasteiger partial charge < -0.3 is 35.1 Å². The molecule has 0 amide bonds. The number of halogens is 1. The van der Waals surface area contributed by atoms with E-state index in [1.54, 1.807) is 0 Å². The second-order valence-electron chi connectivity index (χ2n) is 6.57. The normalized spacial score (nSPS) is 30.0. The van der Waals surface area contributed by atoms with Crippen LogP contribution >= 0.6 is 11.6 Å². The fraction of sp³-hybridized carbons (Fsp3) is 0.562. The Morgan fingerprint density at radius 3 is 2.50 bits per heavy atom. The number of nitrogens with zero attached hydrogens (tertiary/aromatic N) is 3. The van der Waals surface area contributed by atoms with Gasteiger partial charge in [0.25, 0.3) is 5.18 Å². The first-order valence-corrected chi connectivity index (χ1v) is 9.11. The lowest BCUT2D eigenvalue weighted by Crippen LogP contribution is -2.41. The molecule has 1 fully saturated rings. The van der Waals surface area contributed by atoms with Crippen molar-refractivity contribution < 1.29 is 38.4 Å². The molecule has 4 N–H and O–H groups in total. The third-order valence-electron chi connectivity index (χ3n) is 4.22. The molecule has 0 radical (unpaired) electrons. The highest BCUT2D eigenvalue weighted by Gasteiger charge is 2.52. The molecule has 1 aromatic rings. The van der Waals surface area contributed by atoms with Gasteiger partial charge in [-0.25, -0.2) is 4.98 Å². The summed E-state index contributed by atoms with van der Waals surface area (Å²) >= 11 is 5.97. The maximum Gasteiger partial charge on any atom is 0.303 e. The maximum atomic E-state index is 11.7. The van der Waals surface area contributed by atoms with Gasteiger partial charge in [-0.1, -0.05) is 11.6 Å². The lowest BCUT2D eigenvalue weighted by Gasteiger charge is -2.27. The topological polar surface area (TPSA) is 177 Å². The third-order valence-corrected chi connectivity index (χ3v) is 4.49. The molecule has 0 aromatic carbocycles. The van der Waals surface area contributed by atoms with Crippen LogP contribution in [0.2, 0.25) is 0 Å². The van der Waals surface area contributed by atoms with Crippen molar-refractivity contribution in [2.24, 2.45) is 10.7 Å². The van der Waals surface area contributed by atoms with Crippen molar-refractivity contribution in [1.29, 1.82) is 0 Å². The van der Waals surface area contributed by atoms with Crippen LogP contribution in [0.1, 0.15) is 32.7 Å². The lowest BCUT2D eigenvalue weighted by molar-refractivity contribution is -0.166. The minimum Gasteiger partial charge on any atom is -0.463 e. The molecular weight excluding hydrogens is 426 g/mol. The van der Waals surface area contributed by atoms with Gasteiger partial charge in [0.2, 0.25) is 0 Å². The van der Waals surface area contributed by atoms with E-state index in [4.69, 9.17) is 36.3 Å². The molecule has 1 unspecified atom stereocenters. The van der Waals surface area contributed by atoms with Gasteiger partial charge >= 0.3 is 17.9 Å². The van der Waals surface area contributed by atoms with Crippen molar-refractivity contribution in [3.63, 3.8) is 0 Å². The van der Waals surface area contributed by atoms with Gasteiger partial charge in [-0.2, -0.15) is 4.99 Å². The summed E-state index contributed by atoms with van der Waals surface area (Å²) in [6.45, 7) is 3.28. The number of carbonyl (C=O) groups is 3. The molecule has 3 heterocycles. The van der Waals surface area contributed by atoms with Crippen molar-refractivity contribution in [1.82, 2.24) is 9.55 Å². The zero-order valence-corrected chi connectivity index (χ0v) is 17.0. The second-order valence-corrected chi connectivity index (χ2v) is 7.10. The van der Waals surface area contributed by atoms with E-state index in [-0.39, 0.29) is 24.1 Å². The van der Waals surface area contributed by atoms with Gasteiger partial charge in [-0.05, 0) is 0 Å². The number of nitrogens with two attached hydrogens (primary N) is 1. The second kappa shape index (κ2) is 8.08. The van der Waals surface area contributed by atoms with Gasteiger partial charge in [-0.3, -0.25) is 19.0 Å². The highest BCUT2D eigenvalue weighted by Crippen LogP contribution is 2.41. The van der Waals surface area contributed by atoms with Crippen LogP contribution in [-0.4, -0.2) is 63.4 Å². The Hall–Kier alpha value is -2.90. The van der Waals surface area contributed by atoms with Crippen LogP contribution in [0, 0.1) is 0 Å². The largest absolute Gasteiger partial charge is 0.463 e. The number of aliphatic hydroxyl groups is 1. The number of fused-ring (bicyclic) bond motifs is 1. The van der Waals surface area contributed by atoms with Crippen LogP contribution in [0.4, 0.5) is 5.82 Å².